The minimum Gasteiger partial charge on any atom is -0.380 e. The summed E-state index contributed by atoms with van der Waals surface area (Å²) in [6.45, 7) is 8.20. The van der Waals surface area contributed by atoms with Crippen molar-refractivity contribution in [3.8, 4) is 0 Å². The van der Waals surface area contributed by atoms with Crippen LogP contribution in [0.5, 0.6) is 0 Å². The average molecular weight is 562 g/mol. The number of carbonyl (C=O) groups excluding carboxylic acids is 1. The second kappa shape index (κ2) is 12.0. The van der Waals surface area contributed by atoms with Crippen LogP contribution >= 0.6 is 0 Å². The second-order valence-electron chi connectivity index (χ2n) is 11.1. The standard InChI is InChI=1S/C28H34F3N5O3.CH4/c1-19-4-7-24(8-5-19)35-16-20-14-33(15-21(20)17-35)11-2-3-27(37)34-12-10-23(18-34)32-22-6-9-26(36(38)39)25(13-22)28(29,30)31;/h4-9,13,20-21,23,32H,2-3,10-12,14-18H2,1H3;1H4/t20?,21?,23-;/m0./s1. The van der Waals surface area contributed by atoms with Gasteiger partial charge in [0.1, 0.15) is 5.56 Å². The number of hydrogen-bond acceptors (Lipinski definition) is 6. The number of nitrogens with one attached hydrogen (secondary N) is 1. The fourth-order valence-corrected chi connectivity index (χ4v) is 6.20. The fourth-order valence-electron chi connectivity index (χ4n) is 6.20. The zero-order valence-electron chi connectivity index (χ0n) is 22.0. The molecule has 3 atom stereocenters. The van der Waals surface area contributed by atoms with E-state index in [-0.39, 0.29) is 25.1 Å². The number of nitrogens with zero attached hydrogens (tertiary/aromatic N) is 4. The molecule has 2 unspecified atom stereocenters. The fraction of sp³-hybridized carbons (Fsp3) is 0.552. The molecule has 3 saturated heterocycles. The van der Waals surface area contributed by atoms with Crippen molar-refractivity contribution >= 4 is 23.0 Å². The Kier molecular flexibility index (Phi) is 8.92. The van der Waals surface area contributed by atoms with Gasteiger partial charge in [-0.15, -0.1) is 0 Å². The number of nitro benzene ring substituents is 1. The van der Waals surface area contributed by atoms with E-state index in [1.165, 1.54) is 17.3 Å². The molecule has 0 saturated carbocycles. The van der Waals surface area contributed by atoms with Gasteiger partial charge in [-0.05, 0) is 62.4 Å². The van der Waals surface area contributed by atoms with Gasteiger partial charge in [-0.1, -0.05) is 25.1 Å². The number of likely N-dealkylation sites (tertiary alicyclic amines) is 2. The number of fused-ring (bicyclic) bond motifs is 1. The molecule has 1 amide bonds. The molecule has 1 N–H and O–H groups in total. The van der Waals surface area contributed by atoms with Crippen molar-refractivity contribution in [1.29, 1.82) is 0 Å². The number of nitro groups is 1. The van der Waals surface area contributed by atoms with Crippen molar-refractivity contribution in [2.45, 2.75) is 45.8 Å². The quantitative estimate of drug-likeness (QED) is 0.343. The van der Waals surface area contributed by atoms with Crippen molar-refractivity contribution in [3.05, 3.63) is 63.7 Å². The minimum absolute atomic E-state index is 0. The van der Waals surface area contributed by atoms with Gasteiger partial charge < -0.3 is 20.0 Å². The highest BCUT2D eigenvalue weighted by Gasteiger charge is 2.40. The van der Waals surface area contributed by atoms with Crippen molar-refractivity contribution in [2.75, 3.05) is 56.0 Å². The van der Waals surface area contributed by atoms with Crippen LogP contribution in [0.2, 0.25) is 0 Å². The molecule has 2 aromatic rings. The summed E-state index contributed by atoms with van der Waals surface area (Å²) in [5.74, 6) is 1.37. The summed E-state index contributed by atoms with van der Waals surface area (Å²) in [5, 5.41) is 14.0. The number of hydrogen-bond donors (Lipinski definition) is 1. The number of carbonyl (C=O) groups is 1. The molecule has 11 heteroatoms. The molecule has 3 heterocycles. The summed E-state index contributed by atoms with van der Waals surface area (Å²) in [5.41, 5.74) is 0.468. The molecule has 218 valence electrons. The van der Waals surface area contributed by atoms with E-state index in [1.54, 1.807) is 4.90 Å². The lowest BCUT2D eigenvalue weighted by molar-refractivity contribution is -0.388. The summed E-state index contributed by atoms with van der Waals surface area (Å²) in [6.07, 6.45) is -2.99. The third-order valence-corrected chi connectivity index (χ3v) is 8.24. The lowest BCUT2D eigenvalue weighted by atomic mass is 10.0. The first-order valence-electron chi connectivity index (χ1n) is 13.5. The summed E-state index contributed by atoms with van der Waals surface area (Å²) >= 11 is 0. The van der Waals surface area contributed by atoms with Crippen LogP contribution in [0.3, 0.4) is 0 Å². The third kappa shape index (κ3) is 6.68. The summed E-state index contributed by atoms with van der Waals surface area (Å²) in [4.78, 5) is 29.4. The Balaban J connectivity index is 0.00000370. The number of aryl methyl sites for hydroxylation is 1. The number of benzene rings is 2. The van der Waals surface area contributed by atoms with E-state index in [4.69, 9.17) is 0 Å². The monoisotopic (exact) mass is 561 g/mol. The first-order valence-corrected chi connectivity index (χ1v) is 13.5. The van der Waals surface area contributed by atoms with Crippen LogP contribution < -0.4 is 10.2 Å². The summed E-state index contributed by atoms with van der Waals surface area (Å²) in [6, 6.07) is 11.4. The molecule has 0 aliphatic carbocycles. The summed E-state index contributed by atoms with van der Waals surface area (Å²) in [7, 11) is 0. The second-order valence-corrected chi connectivity index (χ2v) is 11.1. The van der Waals surface area contributed by atoms with Gasteiger partial charge in [-0.3, -0.25) is 14.9 Å². The van der Waals surface area contributed by atoms with Gasteiger partial charge in [0.05, 0.1) is 4.92 Å². The molecule has 0 spiro atoms. The Morgan fingerprint density at radius 3 is 2.35 bits per heavy atom. The Morgan fingerprint density at radius 1 is 1.05 bits per heavy atom. The maximum Gasteiger partial charge on any atom is 0.423 e. The molecule has 3 fully saturated rings. The van der Waals surface area contributed by atoms with E-state index >= 15 is 0 Å². The maximum absolute atomic E-state index is 13.3. The molecule has 0 bridgehead atoms. The van der Waals surface area contributed by atoms with E-state index < -0.39 is 22.4 Å². The first kappa shape index (κ1) is 29.6. The average Bonchev–Trinajstić information content (AvgIpc) is 3.59. The lowest BCUT2D eigenvalue weighted by Gasteiger charge is -2.23. The molecular formula is C29H38F3N5O3. The Morgan fingerprint density at radius 2 is 1.73 bits per heavy atom. The van der Waals surface area contributed by atoms with E-state index in [2.05, 4.69) is 46.3 Å². The molecule has 3 aliphatic heterocycles. The van der Waals surface area contributed by atoms with Crippen LogP contribution in [0, 0.1) is 28.9 Å². The number of alkyl halides is 3. The Labute approximate surface area is 233 Å². The van der Waals surface area contributed by atoms with E-state index in [0.29, 0.717) is 37.8 Å². The van der Waals surface area contributed by atoms with Crippen molar-refractivity contribution in [3.63, 3.8) is 0 Å². The van der Waals surface area contributed by atoms with Gasteiger partial charge in [0.2, 0.25) is 5.91 Å². The molecule has 0 radical (unpaired) electrons. The van der Waals surface area contributed by atoms with E-state index in [0.717, 1.165) is 51.3 Å². The molecule has 0 aromatic heterocycles. The largest absolute Gasteiger partial charge is 0.423 e. The maximum atomic E-state index is 13.3. The highest BCUT2D eigenvalue weighted by molar-refractivity contribution is 5.76. The van der Waals surface area contributed by atoms with Gasteiger partial charge >= 0.3 is 6.18 Å². The van der Waals surface area contributed by atoms with E-state index in [9.17, 15) is 28.1 Å². The van der Waals surface area contributed by atoms with Gasteiger partial charge in [0, 0.05) is 69.2 Å². The minimum atomic E-state index is -4.83. The number of halogens is 3. The number of rotatable bonds is 8. The van der Waals surface area contributed by atoms with Crippen LogP contribution in [0.15, 0.2) is 42.5 Å². The third-order valence-electron chi connectivity index (χ3n) is 8.24. The predicted octanol–water partition coefficient (Wildman–Crippen LogP) is 5.42. The highest BCUT2D eigenvalue weighted by Crippen LogP contribution is 2.38. The van der Waals surface area contributed by atoms with Crippen LogP contribution in [0.1, 0.15) is 37.8 Å². The summed E-state index contributed by atoms with van der Waals surface area (Å²) < 4.78 is 39.8. The van der Waals surface area contributed by atoms with E-state index in [1.807, 2.05) is 0 Å². The van der Waals surface area contributed by atoms with Gasteiger partial charge in [0.25, 0.3) is 5.69 Å². The topological polar surface area (TPSA) is 82.0 Å². The normalized spacial score (nSPS) is 22.8. The molecular weight excluding hydrogens is 523 g/mol. The molecule has 2 aromatic carbocycles. The number of anilines is 2. The lowest BCUT2D eigenvalue weighted by Crippen LogP contribution is -2.33. The Bertz CT molecular complexity index is 1190. The van der Waals surface area contributed by atoms with Crippen LogP contribution in [-0.2, 0) is 11.0 Å². The van der Waals surface area contributed by atoms with Crippen LogP contribution in [0.25, 0.3) is 0 Å². The smallest absolute Gasteiger partial charge is 0.380 e. The Hall–Kier alpha value is -3.34. The van der Waals surface area contributed by atoms with Gasteiger partial charge in [-0.25, -0.2) is 0 Å². The van der Waals surface area contributed by atoms with Crippen molar-refractivity contribution in [1.82, 2.24) is 9.80 Å². The molecule has 40 heavy (non-hydrogen) atoms. The predicted molar refractivity (Wildman–Crippen MR) is 149 cm³/mol. The van der Waals surface area contributed by atoms with Gasteiger partial charge in [-0.2, -0.15) is 13.2 Å². The molecule has 5 rings (SSSR count). The highest BCUT2D eigenvalue weighted by atomic mass is 19.4. The van der Waals surface area contributed by atoms with Gasteiger partial charge in [0.15, 0.2) is 0 Å². The first-order chi connectivity index (χ1) is 18.6. The molecule has 8 nitrogen and oxygen atoms in total. The molecule has 3 aliphatic rings. The van der Waals surface area contributed by atoms with Crippen molar-refractivity contribution in [2.24, 2.45) is 11.8 Å². The zero-order valence-corrected chi connectivity index (χ0v) is 22.0. The SMILES string of the molecule is C.Cc1ccc(N2CC3CN(CCCC(=O)N4CC[C@H](Nc5ccc([N+](=O)[O-])c(C(F)(F)F)c5)C4)CC3C2)cc1. The van der Waals surface area contributed by atoms with Crippen molar-refractivity contribution < 1.29 is 22.9 Å². The number of amides is 1. The van der Waals surface area contributed by atoms with Crippen LogP contribution in [0.4, 0.5) is 30.2 Å². The van der Waals surface area contributed by atoms with Crippen LogP contribution in [-0.4, -0.2) is 72.5 Å². The zero-order chi connectivity index (χ0) is 27.7.